The molecule has 1 unspecified atom stereocenters. The van der Waals surface area contributed by atoms with Gasteiger partial charge in [0.25, 0.3) is 11.5 Å². The Morgan fingerprint density at radius 2 is 1.78 bits per heavy atom. The second-order valence-electron chi connectivity index (χ2n) is 6.27. The van der Waals surface area contributed by atoms with Gasteiger partial charge in [0.1, 0.15) is 11.1 Å². The van der Waals surface area contributed by atoms with E-state index >= 15 is 0 Å². The summed E-state index contributed by atoms with van der Waals surface area (Å²) in [4.78, 5) is 31.1. The highest BCUT2D eigenvalue weighted by atomic mass is 79.9. The van der Waals surface area contributed by atoms with Crippen LogP contribution in [0.15, 0.2) is 46.1 Å². The highest BCUT2D eigenvalue weighted by Gasteiger charge is 2.43. The van der Waals surface area contributed by atoms with Crippen molar-refractivity contribution < 1.29 is 4.79 Å². The standard InChI is InChI=1S/C18H13BrCl2N4O2/c1-23-8-11(7-12(21)16(23)26)25-14(9-3-5-10(20)6-4-9)15-13(17(25)27)22-18(19)24(15)2/h3-8,14H,1-2H3. The Balaban J connectivity index is 1.96. The monoisotopic (exact) mass is 466 g/mol. The van der Waals surface area contributed by atoms with Crippen molar-refractivity contribution in [1.82, 2.24) is 14.1 Å². The van der Waals surface area contributed by atoms with E-state index in [-0.39, 0.29) is 16.5 Å². The van der Waals surface area contributed by atoms with E-state index in [4.69, 9.17) is 23.2 Å². The molecule has 1 aliphatic rings. The van der Waals surface area contributed by atoms with Crippen molar-refractivity contribution in [2.24, 2.45) is 14.1 Å². The van der Waals surface area contributed by atoms with Crippen LogP contribution in [0.4, 0.5) is 5.69 Å². The molecule has 3 aromatic rings. The van der Waals surface area contributed by atoms with Gasteiger partial charge in [0.15, 0.2) is 10.4 Å². The zero-order chi connectivity index (χ0) is 19.5. The van der Waals surface area contributed by atoms with Crippen LogP contribution in [0.5, 0.6) is 0 Å². The third kappa shape index (κ3) is 2.81. The van der Waals surface area contributed by atoms with Gasteiger partial charge in [-0.3, -0.25) is 14.5 Å². The van der Waals surface area contributed by atoms with Crippen molar-refractivity contribution in [3.05, 3.63) is 78.6 Å². The predicted octanol–water partition coefficient (Wildman–Crippen LogP) is 3.94. The van der Waals surface area contributed by atoms with E-state index in [1.54, 1.807) is 30.3 Å². The van der Waals surface area contributed by atoms with Crippen LogP contribution in [-0.4, -0.2) is 20.0 Å². The number of carbonyl (C=O) groups excluding carboxylic acids is 1. The second-order valence-corrected chi connectivity index (χ2v) is 7.82. The lowest BCUT2D eigenvalue weighted by Crippen LogP contribution is -2.31. The van der Waals surface area contributed by atoms with E-state index < -0.39 is 6.04 Å². The Morgan fingerprint density at radius 3 is 2.41 bits per heavy atom. The first-order valence-electron chi connectivity index (χ1n) is 7.97. The molecule has 138 valence electrons. The molecule has 3 heterocycles. The summed E-state index contributed by atoms with van der Waals surface area (Å²) < 4.78 is 3.75. The molecule has 0 N–H and O–H groups in total. The molecule has 1 aliphatic heterocycles. The van der Waals surface area contributed by atoms with Gasteiger partial charge in [0.05, 0.1) is 11.4 Å². The number of rotatable bonds is 2. The van der Waals surface area contributed by atoms with Crippen LogP contribution in [-0.2, 0) is 14.1 Å². The Hall–Kier alpha value is -2.09. The summed E-state index contributed by atoms with van der Waals surface area (Å²) in [5.74, 6) is -0.263. The average molecular weight is 468 g/mol. The number of anilines is 1. The number of nitrogens with zero attached hydrogens (tertiary/aromatic N) is 4. The lowest BCUT2D eigenvalue weighted by Gasteiger charge is -2.27. The van der Waals surface area contributed by atoms with Crippen LogP contribution < -0.4 is 10.5 Å². The molecule has 6 nitrogen and oxygen atoms in total. The molecule has 1 atom stereocenters. The van der Waals surface area contributed by atoms with Crippen LogP contribution in [0.25, 0.3) is 0 Å². The van der Waals surface area contributed by atoms with E-state index in [9.17, 15) is 9.59 Å². The van der Waals surface area contributed by atoms with Crippen molar-refractivity contribution in [1.29, 1.82) is 0 Å². The molecule has 0 bridgehead atoms. The Kier molecular flexibility index (Phi) is 4.41. The molecule has 0 spiro atoms. The molecule has 1 amide bonds. The maximum Gasteiger partial charge on any atom is 0.279 e. The minimum atomic E-state index is -0.429. The molecule has 0 fully saturated rings. The molecular formula is C18H13BrCl2N4O2. The van der Waals surface area contributed by atoms with E-state index in [1.807, 2.05) is 23.7 Å². The third-order valence-electron chi connectivity index (χ3n) is 4.61. The largest absolute Gasteiger partial charge is 0.323 e. The van der Waals surface area contributed by atoms with Crippen LogP contribution in [0.1, 0.15) is 27.8 Å². The number of amides is 1. The van der Waals surface area contributed by atoms with Crippen LogP contribution in [0.3, 0.4) is 0 Å². The summed E-state index contributed by atoms with van der Waals surface area (Å²) in [5.41, 5.74) is 2.16. The highest BCUT2D eigenvalue weighted by molar-refractivity contribution is 9.10. The van der Waals surface area contributed by atoms with Gasteiger partial charge in [-0.1, -0.05) is 35.3 Å². The fourth-order valence-electron chi connectivity index (χ4n) is 3.31. The van der Waals surface area contributed by atoms with Crippen molar-refractivity contribution in [3.8, 4) is 0 Å². The molecule has 4 rings (SSSR count). The van der Waals surface area contributed by atoms with Crippen molar-refractivity contribution in [3.63, 3.8) is 0 Å². The van der Waals surface area contributed by atoms with Crippen LogP contribution >= 0.6 is 39.1 Å². The van der Waals surface area contributed by atoms with Gasteiger partial charge in [-0.15, -0.1) is 0 Å². The number of fused-ring (bicyclic) bond motifs is 1. The maximum atomic E-state index is 13.2. The van der Waals surface area contributed by atoms with Crippen molar-refractivity contribution >= 4 is 50.7 Å². The molecule has 1 aromatic carbocycles. The first-order chi connectivity index (χ1) is 12.8. The molecule has 0 saturated carbocycles. The van der Waals surface area contributed by atoms with Crippen LogP contribution in [0.2, 0.25) is 10.0 Å². The fraction of sp³-hybridized carbons (Fsp3) is 0.167. The van der Waals surface area contributed by atoms with Gasteiger partial charge in [-0.25, -0.2) is 4.98 Å². The number of halogens is 3. The number of carbonyl (C=O) groups is 1. The molecule has 9 heteroatoms. The molecule has 0 aliphatic carbocycles. The summed E-state index contributed by atoms with van der Waals surface area (Å²) in [6, 6.07) is 8.36. The maximum absolute atomic E-state index is 13.2. The zero-order valence-electron chi connectivity index (χ0n) is 14.3. The Morgan fingerprint density at radius 1 is 1.11 bits per heavy atom. The van der Waals surface area contributed by atoms with Gasteiger partial charge in [0.2, 0.25) is 0 Å². The normalized spacial score (nSPS) is 16.1. The number of aromatic nitrogens is 3. The van der Waals surface area contributed by atoms with Crippen LogP contribution in [0, 0.1) is 0 Å². The SMILES string of the molecule is Cn1c(Br)nc2c1C(c1ccc(Cl)cc1)N(c1cc(Cl)c(=O)n(C)c1)C2=O. The number of hydrogen-bond acceptors (Lipinski definition) is 3. The summed E-state index contributed by atoms with van der Waals surface area (Å²) in [5, 5.41) is 0.647. The first kappa shape index (κ1) is 18.3. The minimum absolute atomic E-state index is 0.0442. The molecule has 0 saturated heterocycles. The van der Waals surface area contributed by atoms with E-state index in [2.05, 4.69) is 20.9 Å². The minimum Gasteiger partial charge on any atom is -0.323 e. The second kappa shape index (κ2) is 6.51. The van der Waals surface area contributed by atoms with Gasteiger partial charge in [-0.05, 0) is 39.7 Å². The molecule has 2 aromatic heterocycles. The summed E-state index contributed by atoms with van der Waals surface area (Å²) in [7, 11) is 3.43. The smallest absolute Gasteiger partial charge is 0.279 e. The molecular weight excluding hydrogens is 455 g/mol. The van der Waals surface area contributed by atoms with Gasteiger partial charge < -0.3 is 9.13 Å². The van der Waals surface area contributed by atoms with Gasteiger partial charge >= 0.3 is 0 Å². The third-order valence-corrected chi connectivity index (χ3v) is 5.84. The lowest BCUT2D eigenvalue weighted by molar-refractivity contribution is 0.0989. The van der Waals surface area contributed by atoms with Gasteiger partial charge in [0, 0.05) is 25.3 Å². The Labute approximate surface area is 173 Å². The molecule has 0 radical (unpaired) electrons. The number of benzene rings is 1. The lowest BCUT2D eigenvalue weighted by atomic mass is 10.0. The number of hydrogen-bond donors (Lipinski definition) is 0. The Bertz CT molecular complexity index is 1110. The van der Waals surface area contributed by atoms with E-state index in [0.29, 0.717) is 21.1 Å². The number of imidazole rings is 1. The first-order valence-corrected chi connectivity index (χ1v) is 9.51. The van der Waals surface area contributed by atoms with Crippen molar-refractivity contribution in [2.45, 2.75) is 6.04 Å². The topological polar surface area (TPSA) is 60.1 Å². The average Bonchev–Trinajstić information content (AvgIpc) is 3.08. The number of pyridine rings is 1. The van der Waals surface area contributed by atoms with Crippen molar-refractivity contribution in [2.75, 3.05) is 4.90 Å². The summed E-state index contributed by atoms with van der Waals surface area (Å²) >= 11 is 15.5. The highest BCUT2D eigenvalue weighted by Crippen LogP contribution is 2.42. The fourth-order valence-corrected chi connectivity index (χ4v) is 4.05. The van der Waals surface area contributed by atoms with Gasteiger partial charge in [-0.2, -0.15) is 0 Å². The molecule has 27 heavy (non-hydrogen) atoms. The van der Waals surface area contributed by atoms with E-state index in [1.165, 1.54) is 10.6 Å². The summed E-state index contributed by atoms with van der Waals surface area (Å²) in [6.45, 7) is 0. The summed E-state index contributed by atoms with van der Waals surface area (Å²) in [6.07, 6.45) is 1.59. The number of aryl methyl sites for hydroxylation is 1. The predicted molar refractivity (Wildman–Crippen MR) is 108 cm³/mol. The van der Waals surface area contributed by atoms with E-state index in [0.717, 1.165) is 11.3 Å². The zero-order valence-corrected chi connectivity index (χ0v) is 17.4. The quantitative estimate of drug-likeness (QED) is 0.573.